The fourth-order valence-electron chi connectivity index (χ4n) is 2.83. The molecule has 0 fully saturated rings. The van der Waals surface area contributed by atoms with Gasteiger partial charge in [-0.25, -0.2) is 17.5 Å². The van der Waals surface area contributed by atoms with Gasteiger partial charge in [-0.3, -0.25) is 9.59 Å². The highest BCUT2D eigenvalue weighted by Gasteiger charge is 2.31. The van der Waals surface area contributed by atoms with E-state index < -0.39 is 32.5 Å². The Balaban J connectivity index is 3.00. The van der Waals surface area contributed by atoms with Gasteiger partial charge in [-0.2, -0.15) is 0 Å². The SMILES string of the molecule is CCCCCCCCC(=O)C(=O)c1cc(Cl)ccc1S(=O)(=O)N(C)C(=O)NCCC. The minimum atomic E-state index is -4.34. The van der Waals surface area contributed by atoms with Gasteiger partial charge in [-0.05, 0) is 31.0 Å². The monoisotopic (exact) mass is 458 g/mol. The number of amides is 2. The van der Waals surface area contributed by atoms with Crippen LogP contribution in [0.1, 0.15) is 75.6 Å². The maximum Gasteiger partial charge on any atom is 0.331 e. The van der Waals surface area contributed by atoms with Gasteiger partial charge in [-0.1, -0.05) is 57.6 Å². The minimum Gasteiger partial charge on any atom is -0.337 e. The lowest BCUT2D eigenvalue weighted by molar-refractivity contribution is -0.115. The Kier molecular flexibility index (Phi) is 11.0. The summed E-state index contributed by atoms with van der Waals surface area (Å²) in [6.45, 7) is 4.26. The van der Waals surface area contributed by atoms with Crippen LogP contribution < -0.4 is 5.32 Å². The molecule has 0 aliphatic rings. The molecule has 30 heavy (non-hydrogen) atoms. The van der Waals surface area contributed by atoms with E-state index in [2.05, 4.69) is 12.2 Å². The number of ketones is 2. The molecular formula is C21H31ClN2O5S. The van der Waals surface area contributed by atoms with Crippen LogP contribution in [-0.4, -0.2) is 43.9 Å². The number of carbonyl (C=O) groups excluding carboxylic acids is 3. The zero-order chi connectivity index (χ0) is 22.7. The number of nitrogens with zero attached hydrogens (tertiary/aromatic N) is 1. The highest BCUT2D eigenvalue weighted by Crippen LogP contribution is 2.24. The first-order valence-electron chi connectivity index (χ1n) is 10.3. The third-order valence-electron chi connectivity index (χ3n) is 4.65. The van der Waals surface area contributed by atoms with Crippen molar-refractivity contribution < 1.29 is 22.8 Å². The summed E-state index contributed by atoms with van der Waals surface area (Å²) in [6, 6.07) is 2.80. The summed E-state index contributed by atoms with van der Waals surface area (Å²) in [6.07, 6.45) is 6.41. The standard InChI is InChI=1S/C21H31ClN2O5S/c1-4-6-7-8-9-10-11-18(25)20(26)17-15-16(22)12-13-19(17)30(28,29)24(3)21(27)23-14-5-2/h12-13,15H,4-11,14H2,1-3H3,(H,23,27). The largest absolute Gasteiger partial charge is 0.337 e. The highest BCUT2D eigenvalue weighted by atomic mass is 35.5. The van der Waals surface area contributed by atoms with Crippen molar-refractivity contribution in [2.24, 2.45) is 0 Å². The molecule has 0 aromatic heterocycles. The lowest BCUT2D eigenvalue weighted by Gasteiger charge is -2.19. The highest BCUT2D eigenvalue weighted by molar-refractivity contribution is 7.89. The van der Waals surface area contributed by atoms with E-state index in [4.69, 9.17) is 11.6 Å². The number of carbonyl (C=O) groups is 3. The predicted molar refractivity (Wildman–Crippen MR) is 117 cm³/mol. The molecule has 1 rings (SSSR count). The van der Waals surface area contributed by atoms with Crippen molar-refractivity contribution in [3.63, 3.8) is 0 Å². The smallest absolute Gasteiger partial charge is 0.331 e. The molecule has 2 amide bonds. The van der Waals surface area contributed by atoms with E-state index in [9.17, 15) is 22.8 Å². The lowest BCUT2D eigenvalue weighted by atomic mass is 10.0. The lowest BCUT2D eigenvalue weighted by Crippen LogP contribution is -2.41. The first-order valence-corrected chi connectivity index (χ1v) is 12.1. The molecule has 1 aromatic carbocycles. The number of rotatable bonds is 13. The van der Waals surface area contributed by atoms with E-state index >= 15 is 0 Å². The molecule has 0 aliphatic heterocycles. The van der Waals surface area contributed by atoms with Gasteiger partial charge < -0.3 is 5.32 Å². The minimum absolute atomic E-state index is 0.0454. The van der Waals surface area contributed by atoms with E-state index in [0.29, 0.717) is 23.7 Å². The van der Waals surface area contributed by atoms with E-state index in [1.165, 1.54) is 6.07 Å². The van der Waals surface area contributed by atoms with E-state index in [-0.39, 0.29) is 17.0 Å². The second-order valence-corrected chi connectivity index (χ2v) is 9.49. The molecule has 7 nitrogen and oxygen atoms in total. The van der Waals surface area contributed by atoms with Gasteiger partial charge in [0, 0.05) is 30.6 Å². The molecule has 0 unspecified atom stereocenters. The van der Waals surface area contributed by atoms with Gasteiger partial charge in [0.25, 0.3) is 10.0 Å². The van der Waals surface area contributed by atoms with Gasteiger partial charge in [-0.15, -0.1) is 0 Å². The Labute approximate surface area is 184 Å². The summed E-state index contributed by atoms with van der Waals surface area (Å²) in [7, 11) is -3.24. The zero-order valence-electron chi connectivity index (χ0n) is 17.9. The fourth-order valence-corrected chi connectivity index (χ4v) is 4.25. The average Bonchev–Trinajstić information content (AvgIpc) is 2.72. The number of Topliss-reactive ketones (excluding diaryl/α,β-unsaturated/α-hetero) is 2. The van der Waals surface area contributed by atoms with Crippen LogP contribution in [0.5, 0.6) is 0 Å². The number of unbranched alkanes of at least 4 members (excludes halogenated alkanes) is 5. The summed E-state index contributed by atoms with van der Waals surface area (Å²) < 4.78 is 26.4. The molecule has 0 radical (unpaired) electrons. The second-order valence-electron chi connectivity index (χ2n) is 7.12. The van der Waals surface area contributed by atoms with Gasteiger partial charge in [0.05, 0.1) is 4.90 Å². The summed E-state index contributed by atoms with van der Waals surface area (Å²) in [5.74, 6) is -1.57. The van der Waals surface area contributed by atoms with Crippen molar-refractivity contribution in [2.75, 3.05) is 13.6 Å². The molecule has 0 bridgehead atoms. The van der Waals surface area contributed by atoms with E-state index in [1.807, 2.05) is 6.92 Å². The van der Waals surface area contributed by atoms with Crippen molar-refractivity contribution in [3.8, 4) is 0 Å². The molecule has 0 atom stereocenters. The normalized spacial score (nSPS) is 11.2. The third kappa shape index (κ3) is 7.40. The number of nitrogens with one attached hydrogen (secondary N) is 1. The molecule has 1 N–H and O–H groups in total. The van der Waals surface area contributed by atoms with Crippen molar-refractivity contribution in [1.82, 2.24) is 9.62 Å². The number of hydrogen-bond acceptors (Lipinski definition) is 5. The van der Waals surface area contributed by atoms with Crippen molar-refractivity contribution in [1.29, 1.82) is 0 Å². The molecular weight excluding hydrogens is 428 g/mol. The Morgan fingerprint density at radius 2 is 1.63 bits per heavy atom. The van der Waals surface area contributed by atoms with E-state index in [1.54, 1.807) is 0 Å². The molecule has 0 aliphatic carbocycles. The Morgan fingerprint density at radius 1 is 1.00 bits per heavy atom. The number of hydrogen-bond donors (Lipinski definition) is 1. The number of sulfonamides is 1. The predicted octanol–water partition coefficient (Wildman–Crippen LogP) is 4.58. The van der Waals surface area contributed by atoms with Gasteiger partial charge in [0.15, 0.2) is 0 Å². The van der Waals surface area contributed by atoms with E-state index in [0.717, 1.165) is 51.3 Å². The van der Waals surface area contributed by atoms with Crippen LogP contribution in [0.2, 0.25) is 5.02 Å². The Bertz CT molecular complexity index is 855. The fraction of sp³-hybridized carbons (Fsp3) is 0.571. The number of urea groups is 1. The summed E-state index contributed by atoms with van der Waals surface area (Å²) in [5.41, 5.74) is -0.311. The zero-order valence-corrected chi connectivity index (χ0v) is 19.4. The van der Waals surface area contributed by atoms with Crippen LogP contribution in [0.25, 0.3) is 0 Å². The average molecular weight is 459 g/mol. The molecule has 9 heteroatoms. The summed E-state index contributed by atoms with van der Waals surface area (Å²) >= 11 is 5.95. The number of halogens is 1. The van der Waals surface area contributed by atoms with Crippen LogP contribution >= 0.6 is 11.6 Å². The maximum atomic E-state index is 12.9. The van der Waals surface area contributed by atoms with Gasteiger partial charge in [0.2, 0.25) is 11.6 Å². The second kappa shape index (κ2) is 12.7. The van der Waals surface area contributed by atoms with Gasteiger partial charge >= 0.3 is 6.03 Å². The van der Waals surface area contributed by atoms with Crippen molar-refractivity contribution in [3.05, 3.63) is 28.8 Å². The van der Waals surface area contributed by atoms with Crippen LogP contribution in [0, 0.1) is 0 Å². The van der Waals surface area contributed by atoms with Crippen LogP contribution in [-0.2, 0) is 14.8 Å². The summed E-state index contributed by atoms with van der Waals surface area (Å²) in [4.78, 5) is 36.8. The van der Waals surface area contributed by atoms with Crippen LogP contribution in [0.3, 0.4) is 0 Å². The quantitative estimate of drug-likeness (QED) is 0.265. The van der Waals surface area contributed by atoms with Crippen molar-refractivity contribution in [2.45, 2.75) is 70.1 Å². The Morgan fingerprint density at radius 3 is 2.27 bits per heavy atom. The molecule has 0 saturated carbocycles. The maximum absolute atomic E-state index is 12.9. The topological polar surface area (TPSA) is 101 Å². The molecule has 0 heterocycles. The summed E-state index contributed by atoms with van der Waals surface area (Å²) in [5, 5.41) is 2.60. The molecule has 168 valence electrons. The first kappa shape index (κ1) is 26.1. The molecule has 0 saturated heterocycles. The van der Waals surface area contributed by atoms with Gasteiger partial charge in [0.1, 0.15) is 0 Å². The molecule has 1 aromatic rings. The van der Waals surface area contributed by atoms with Crippen LogP contribution in [0.15, 0.2) is 23.1 Å². The van der Waals surface area contributed by atoms with Crippen LogP contribution in [0.4, 0.5) is 4.79 Å². The molecule has 0 spiro atoms. The third-order valence-corrected chi connectivity index (χ3v) is 6.68. The van der Waals surface area contributed by atoms with Crippen molar-refractivity contribution >= 4 is 39.2 Å². The Hall–Kier alpha value is -1.93. The number of benzene rings is 1. The first-order chi connectivity index (χ1) is 14.2.